The monoisotopic (exact) mass is 262 g/mol. The number of hydrogen-bond donors (Lipinski definition) is 1. The van der Waals surface area contributed by atoms with Crippen LogP contribution in [0.1, 0.15) is 6.92 Å². The van der Waals surface area contributed by atoms with E-state index >= 15 is 0 Å². The van der Waals surface area contributed by atoms with Gasteiger partial charge in [0, 0.05) is 6.20 Å². The molecule has 1 aromatic heterocycles. The molecular formula is C7H7BrN2O2S. The molecule has 0 aliphatic heterocycles. The maximum atomic E-state index is 10.5. The number of carboxylic acid groups (broad SMARTS) is 1. The van der Waals surface area contributed by atoms with E-state index in [2.05, 4.69) is 25.9 Å². The Morgan fingerprint density at radius 1 is 1.77 bits per heavy atom. The fourth-order valence-electron chi connectivity index (χ4n) is 0.606. The Kier molecular flexibility index (Phi) is 3.68. The fraction of sp³-hybridized carbons (Fsp3) is 0.286. The lowest BCUT2D eigenvalue weighted by atomic mass is 10.5. The molecule has 1 atom stereocenters. The fourth-order valence-corrected chi connectivity index (χ4v) is 1.82. The topological polar surface area (TPSA) is 63.1 Å². The molecule has 0 aliphatic carbocycles. The van der Waals surface area contributed by atoms with Crippen molar-refractivity contribution in [1.82, 2.24) is 9.97 Å². The standard InChI is InChI=1S/C7H7BrN2O2S/c1-4(7(11)12)13-6-5(8)2-9-3-10-6/h2-4H,1H3,(H,11,12). The summed E-state index contributed by atoms with van der Waals surface area (Å²) in [6, 6.07) is 0. The van der Waals surface area contributed by atoms with Gasteiger partial charge in [-0.2, -0.15) is 0 Å². The van der Waals surface area contributed by atoms with E-state index in [1.54, 1.807) is 13.1 Å². The second-order valence-electron chi connectivity index (χ2n) is 2.27. The highest BCUT2D eigenvalue weighted by molar-refractivity contribution is 9.10. The van der Waals surface area contributed by atoms with Gasteiger partial charge in [-0.25, -0.2) is 9.97 Å². The molecule has 0 amide bonds. The van der Waals surface area contributed by atoms with Gasteiger partial charge in [0.25, 0.3) is 0 Å². The first-order chi connectivity index (χ1) is 6.11. The molecule has 1 heterocycles. The maximum absolute atomic E-state index is 10.5. The van der Waals surface area contributed by atoms with E-state index in [1.807, 2.05) is 0 Å². The zero-order chi connectivity index (χ0) is 9.84. The second kappa shape index (κ2) is 4.57. The van der Waals surface area contributed by atoms with Crippen LogP contribution in [0.25, 0.3) is 0 Å². The molecule has 13 heavy (non-hydrogen) atoms. The molecule has 4 nitrogen and oxygen atoms in total. The van der Waals surface area contributed by atoms with E-state index in [9.17, 15) is 4.79 Å². The van der Waals surface area contributed by atoms with Crippen LogP contribution in [-0.4, -0.2) is 26.3 Å². The van der Waals surface area contributed by atoms with Crippen molar-refractivity contribution in [3.8, 4) is 0 Å². The highest BCUT2D eigenvalue weighted by atomic mass is 79.9. The minimum absolute atomic E-state index is 0.508. The first kappa shape index (κ1) is 10.5. The smallest absolute Gasteiger partial charge is 0.316 e. The quantitative estimate of drug-likeness (QED) is 0.665. The van der Waals surface area contributed by atoms with Gasteiger partial charge in [-0.05, 0) is 22.9 Å². The van der Waals surface area contributed by atoms with Crippen molar-refractivity contribution in [2.75, 3.05) is 0 Å². The summed E-state index contributed by atoms with van der Waals surface area (Å²) >= 11 is 4.42. The van der Waals surface area contributed by atoms with Crippen LogP contribution in [0, 0.1) is 0 Å². The number of nitrogens with zero attached hydrogens (tertiary/aromatic N) is 2. The van der Waals surface area contributed by atoms with E-state index in [0.717, 1.165) is 0 Å². The van der Waals surface area contributed by atoms with Crippen molar-refractivity contribution in [2.45, 2.75) is 17.2 Å². The number of aliphatic carboxylic acids is 1. The van der Waals surface area contributed by atoms with Crippen LogP contribution < -0.4 is 0 Å². The molecule has 0 radical (unpaired) electrons. The lowest BCUT2D eigenvalue weighted by Crippen LogP contribution is -2.11. The Hall–Kier alpha value is -0.620. The third-order valence-electron chi connectivity index (χ3n) is 1.27. The number of rotatable bonds is 3. The van der Waals surface area contributed by atoms with Gasteiger partial charge < -0.3 is 5.11 Å². The van der Waals surface area contributed by atoms with Crippen LogP contribution in [0.5, 0.6) is 0 Å². The van der Waals surface area contributed by atoms with E-state index in [0.29, 0.717) is 9.50 Å². The summed E-state index contributed by atoms with van der Waals surface area (Å²) in [5.41, 5.74) is 0. The van der Waals surface area contributed by atoms with E-state index in [1.165, 1.54) is 18.1 Å². The number of halogens is 1. The minimum Gasteiger partial charge on any atom is -0.480 e. The Labute approximate surface area is 87.9 Å². The third-order valence-corrected chi connectivity index (χ3v) is 3.22. The second-order valence-corrected chi connectivity index (χ2v) is 4.46. The van der Waals surface area contributed by atoms with E-state index in [4.69, 9.17) is 5.11 Å². The largest absolute Gasteiger partial charge is 0.480 e. The zero-order valence-corrected chi connectivity index (χ0v) is 9.17. The molecule has 0 saturated carbocycles. The van der Waals surface area contributed by atoms with Crippen molar-refractivity contribution in [1.29, 1.82) is 0 Å². The van der Waals surface area contributed by atoms with Gasteiger partial charge >= 0.3 is 5.97 Å². The highest BCUT2D eigenvalue weighted by Gasteiger charge is 2.14. The summed E-state index contributed by atoms with van der Waals surface area (Å²) in [5.74, 6) is -0.851. The van der Waals surface area contributed by atoms with E-state index < -0.39 is 11.2 Å². The van der Waals surface area contributed by atoms with Gasteiger partial charge in [-0.15, -0.1) is 0 Å². The normalized spacial score (nSPS) is 12.5. The highest BCUT2D eigenvalue weighted by Crippen LogP contribution is 2.27. The molecule has 0 aromatic carbocycles. The Morgan fingerprint density at radius 2 is 2.46 bits per heavy atom. The van der Waals surface area contributed by atoms with Crippen molar-refractivity contribution in [3.05, 3.63) is 17.0 Å². The SMILES string of the molecule is CC(Sc1ncncc1Br)C(=O)O. The summed E-state index contributed by atoms with van der Waals surface area (Å²) in [5, 5.41) is 8.79. The molecular weight excluding hydrogens is 256 g/mol. The lowest BCUT2D eigenvalue weighted by molar-refractivity contribution is -0.136. The molecule has 70 valence electrons. The summed E-state index contributed by atoms with van der Waals surface area (Å²) in [7, 11) is 0. The summed E-state index contributed by atoms with van der Waals surface area (Å²) in [4.78, 5) is 18.3. The predicted molar refractivity (Wildman–Crippen MR) is 52.7 cm³/mol. The van der Waals surface area contributed by atoms with Gasteiger partial charge in [0.1, 0.15) is 16.6 Å². The maximum Gasteiger partial charge on any atom is 0.316 e. The zero-order valence-electron chi connectivity index (χ0n) is 6.77. The average molecular weight is 263 g/mol. The summed E-state index contributed by atoms with van der Waals surface area (Å²) < 4.78 is 0.716. The Morgan fingerprint density at radius 3 is 3.00 bits per heavy atom. The van der Waals surface area contributed by atoms with Crippen LogP contribution in [0.3, 0.4) is 0 Å². The molecule has 1 aromatic rings. The number of carboxylic acids is 1. The number of aromatic nitrogens is 2. The van der Waals surface area contributed by atoms with Crippen molar-refractivity contribution in [3.63, 3.8) is 0 Å². The van der Waals surface area contributed by atoms with Crippen molar-refractivity contribution < 1.29 is 9.90 Å². The van der Waals surface area contributed by atoms with Gasteiger partial charge in [-0.3, -0.25) is 4.79 Å². The Balaban J connectivity index is 2.74. The molecule has 0 saturated heterocycles. The van der Waals surface area contributed by atoms with Gasteiger partial charge in [0.05, 0.1) is 4.47 Å². The molecule has 0 bridgehead atoms. The van der Waals surface area contributed by atoms with Gasteiger partial charge in [0.2, 0.25) is 0 Å². The average Bonchev–Trinajstić information content (AvgIpc) is 2.08. The molecule has 0 fully saturated rings. The molecule has 0 spiro atoms. The van der Waals surface area contributed by atoms with Gasteiger partial charge in [0.15, 0.2) is 0 Å². The van der Waals surface area contributed by atoms with E-state index in [-0.39, 0.29) is 0 Å². The van der Waals surface area contributed by atoms with Crippen LogP contribution >= 0.6 is 27.7 Å². The first-order valence-corrected chi connectivity index (χ1v) is 5.13. The minimum atomic E-state index is -0.851. The van der Waals surface area contributed by atoms with Crippen molar-refractivity contribution >= 4 is 33.7 Å². The van der Waals surface area contributed by atoms with Crippen LogP contribution in [0.2, 0.25) is 0 Å². The number of hydrogen-bond acceptors (Lipinski definition) is 4. The predicted octanol–water partition coefficient (Wildman–Crippen LogP) is 1.80. The molecule has 0 aliphatic rings. The van der Waals surface area contributed by atoms with Crippen LogP contribution in [0.4, 0.5) is 0 Å². The van der Waals surface area contributed by atoms with Crippen LogP contribution in [-0.2, 0) is 4.79 Å². The number of carbonyl (C=O) groups is 1. The lowest BCUT2D eigenvalue weighted by Gasteiger charge is -2.05. The first-order valence-electron chi connectivity index (χ1n) is 3.46. The van der Waals surface area contributed by atoms with Gasteiger partial charge in [-0.1, -0.05) is 11.8 Å². The number of thioether (sulfide) groups is 1. The molecule has 1 N–H and O–H groups in total. The molecule has 1 rings (SSSR count). The molecule has 6 heteroatoms. The Bertz CT molecular complexity index is 321. The van der Waals surface area contributed by atoms with Crippen LogP contribution in [0.15, 0.2) is 22.0 Å². The van der Waals surface area contributed by atoms with Crippen molar-refractivity contribution in [2.24, 2.45) is 0 Å². The molecule has 1 unspecified atom stereocenters. The summed E-state index contributed by atoms with van der Waals surface area (Å²) in [6.45, 7) is 1.61. The third kappa shape index (κ3) is 2.96. The summed E-state index contributed by atoms with van der Waals surface area (Å²) in [6.07, 6.45) is 2.98.